The molecule has 0 N–H and O–H groups in total. The molecule has 0 aliphatic heterocycles. The topological polar surface area (TPSA) is 105 Å². The van der Waals surface area contributed by atoms with Crippen molar-refractivity contribution in [2.45, 2.75) is 55.4 Å². The summed E-state index contributed by atoms with van der Waals surface area (Å²) in [4.78, 5) is 53.0. The van der Waals surface area contributed by atoms with Crippen LogP contribution in [0.1, 0.15) is 55.4 Å². The van der Waals surface area contributed by atoms with Gasteiger partial charge in [-0.2, -0.15) is 0 Å². The average Bonchev–Trinajstić information content (AvgIpc) is 2.59. The molecule has 0 aliphatic rings. The van der Waals surface area contributed by atoms with Crippen molar-refractivity contribution in [3.8, 4) is 0 Å². The number of hydrogen-bond donors (Lipinski definition) is 0. The van der Waals surface area contributed by atoms with Crippen LogP contribution in [0.3, 0.4) is 0 Å². The Kier molecular flexibility index (Phi) is 10.2. The van der Waals surface area contributed by atoms with Gasteiger partial charge in [0.25, 0.3) is 0 Å². The number of carbonyl (C=O) groups excluding carboxylic acids is 4. The molecule has 0 aromatic heterocycles. The van der Waals surface area contributed by atoms with Crippen LogP contribution in [-0.4, -0.2) is 50.3 Å². The summed E-state index contributed by atoms with van der Waals surface area (Å²) in [6.45, 7) is 12.3. The summed E-state index contributed by atoms with van der Waals surface area (Å²) in [6, 6.07) is 0. The zero-order chi connectivity index (χ0) is 22.1. The molecular weight excluding hydrogens is 368 g/mol. The second kappa shape index (κ2) is 11.0. The zero-order valence-corrected chi connectivity index (χ0v) is 18.2. The van der Waals surface area contributed by atoms with Crippen molar-refractivity contribution >= 4 is 23.9 Å². The van der Waals surface area contributed by atoms with E-state index >= 15 is 0 Å². The van der Waals surface area contributed by atoms with Gasteiger partial charge >= 0.3 is 23.9 Å². The molecule has 8 nitrogen and oxygen atoms in total. The van der Waals surface area contributed by atoms with Crippen molar-refractivity contribution in [1.29, 1.82) is 0 Å². The molecule has 0 aliphatic carbocycles. The van der Waals surface area contributed by atoms with E-state index in [1.165, 1.54) is 0 Å². The molecule has 0 aromatic rings. The van der Waals surface area contributed by atoms with Crippen LogP contribution in [-0.2, 0) is 38.1 Å². The highest BCUT2D eigenvalue weighted by Crippen LogP contribution is 2.54. The van der Waals surface area contributed by atoms with Crippen molar-refractivity contribution in [3.05, 3.63) is 0 Å². The quantitative estimate of drug-likeness (QED) is 0.295. The van der Waals surface area contributed by atoms with E-state index in [9.17, 15) is 19.2 Å². The molecule has 0 spiro atoms. The summed E-state index contributed by atoms with van der Waals surface area (Å²) in [5.74, 6) is -5.73. The third kappa shape index (κ3) is 4.15. The van der Waals surface area contributed by atoms with E-state index in [0.29, 0.717) is 0 Å². The number of ether oxygens (including phenoxy) is 4. The minimum Gasteiger partial charge on any atom is -0.465 e. The lowest BCUT2D eigenvalue weighted by atomic mass is 9.53. The second-order valence-corrected chi connectivity index (χ2v) is 6.81. The molecule has 8 heteroatoms. The third-order valence-corrected chi connectivity index (χ3v) is 4.74. The van der Waals surface area contributed by atoms with Crippen molar-refractivity contribution < 1.29 is 38.1 Å². The molecule has 0 fully saturated rings. The lowest BCUT2D eigenvalue weighted by Gasteiger charge is -2.47. The van der Waals surface area contributed by atoms with Gasteiger partial charge in [0.2, 0.25) is 0 Å². The summed E-state index contributed by atoms with van der Waals surface area (Å²) < 4.78 is 20.8. The van der Waals surface area contributed by atoms with Gasteiger partial charge in [0.05, 0.1) is 26.4 Å². The third-order valence-electron chi connectivity index (χ3n) is 4.74. The molecule has 162 valence electrons. The second-order valence-electron chi connectivity index (χ2n) is 6.81. The van der Waals surface area contributed by atoms with Gasteiger partial charge in [0, 0.05) is 0 Å². The molecule has 0 radical (unpaired) electrons. The number of carbonyl (C=O) groups is 4. The van der Waals surface area contributed by atoms with E-state index in [-0.39, 0.29) is 26.4 Å². The fourth-order valence-corrected chi connectivity index (χ4v) is 3.64. The van der Waals surface area contributed by atoms with Crippen molar-refractivity contribution in [3.63, 3.8) is 0 Å². The maximum absolute atomic E-state index is 13.3. The Labute approximate surface area is 167 Å². The predicted molar refractivity (Wildman–Crippen MR) is 101 cm³/mol. The summed E-state index contributed by atoms with van der Waals surface area (Å²) in [5.41, 5.74) is -4.54. The van der Waals surface area contributed by atoms with Gasteiger partial charge in [-0.05, 0) is 39.5 Å². The average molecular weight is 402 g/mol. The molecule has 0 aromatic carbocycles. The number of rotatable bonds is 11. The highest BCUT2D eigenvalue weighted by Gasteiger charge is 2.75. The van der Waals surface area contributed by atoms with Gasteiger partial charge in [-0.1, -0.05) is 27.7 Å². The normalized spacial score (nSPS) is 11.9. The Hall–Kier alpha value is -2.12. The molecule has 0 saturated heterocycles. The fourth-order valence-electron chi connectivity index (χ4n) is 3.64. The van der Waals surface area contributed by atoms with Crippen LogP contribution in [0.5, 0.6) is 0 Å². The Bertz CT molecular complexity index is 479. The van der Waals surface area contributed by atoms with Crippen LogP contribution >= 0.6 is 0 Å². The van der Waals surface area contributed by atoms with Crippen molar-refractivity contribution in [2.24, 2.45) is 22.7 Å². The van der Waals surface area contributed by atoms with E-state index in [4.69, 9.17) is 18.9 Å². The Morgan fingerprint density at radius 3 is 0.821 bits per heavy atom. The Balaban J connectivity index is 7.34. The summed E-state index contributed by atoms with van der Waals surface area (Å²) in [5, 5.41) is 0. The Morgan fingerprint density at radius 2 is 0.714 bits per heavy atom. The SMILES string of the molecule is CCOC(=O)C(C(=O)OCC)(C(C)C)C(C(=O)OCC)(C(=O)OCC)C(C)C. The standard InChI is InChI=1S/C20H34O8/c1-9-25-15(21)19(13(5)6,16(22)26-10-2)20(14(7)8,17(23)27-11-3)18(24)28-12-4/h13-14H,9-12H2,1-8H3. The number of esters is 4. The summed E-state index contributed by atoms with van der Waals surface area (Å²) in [6.07, 6.45) is 0. The first-order valence-corrected chi connectivity index (χ1v) is 9.75. The summed E-state index contributed by atoms with van der Waals surface area (Å²) in [7, 11) is 0. The molecule has 0 saturated carbocycles. The Morgan fingerprint density at radius 1 is 0.536 bits per heavy atom. The van der Waals surface area contributed by atoms with Crippen LogP contribution in [0.4, 0.5) is 0 Å². The van der Waals surface area contributed by atoms with Gasteiger partial charge in [0.15, 0.2) is 10.8 Å². The van der Waals surface area contributed by atoms with Crippen LogP contribution in [0, 0.1) is 22.7 Å². The highest BCUT2D eigenvalue weighted by molar-refractivity contribution is 6.15. The largest absolute Gasteiger partial charge is 0.465 e. The zero-order valence-electron chi connectivity index (χ0n) is 18.2. The minimum atomic E-state index is -2.27. The van der Waals surface area contributed by atoms with Crippen molar-refractivity contribution in [1.82, 2.24) is 0 Å². The van der Waals surface area contributed by atoms with Gasteiger partial charge in [0.1, 0.15) is 0 Å². The van der Waals surface area contributed by atoms with Gasteiger partial charge < -0.3 is 18.9 Å². The lowest BCUT2D eigenvalue weighted by Crippen LogP contribution is -2.67. The smallest absolute Gasteiger partial charge is 0.325 e. The molecule has 0 atom stereocenters. The minimum absolute atomic E-state index is 0.0491. The van der Waals surface area contributed by atoms with E-state index in [1.807, 2.05) is 0 Å². The molecule has 0 rings (SSSR count). The van der Waals surface area contributed by atoms with E-state index in [1.54, 1.807) is 55.4 Å². The highest BCUT2D eigenvalue weighted by atomic mass is 16.6. The first-order valence-electron chi connectivity index (χ1n) is 9.75. The molecule has 0 amide bonds. The maximum atomic E-state index is 13.3. The fraction of sp³-hybridized carbons (Fsp3) is 0.800. The van der Waals surface area contributed by atoms with E-state index in [2.05, 4.69) is 0 Å². The maximum Gasteiger partial charge on any atom is 0.325 e. The molecule has 0 heterocycles. The van der Waals surface area contributed by atoms with Crippen LogP contribution < -0.4 is 0 Å². The lowest BCUT2D eigenvalue weighted by molar-refractivity contribution is -0.213. The monoisotopic (exact) mass is 402 g/mol. The van der Waals surface area contributed by atoms with Gasteiger partial charge in [-0.25, -0.2) is 0 Å². The van der Waals surface area contributed by atoms with Gasteiger partial charge in [-0.15, -0.1) is 0 Å². The van der Waals surface area contributed by atoms with Crippen molar-refractivity contribution in [2.75, 3.05) is 26.4 Å². The first-order chi connectivity index (χ1) is 13.1. The number of hydrogen-bond acceptors (Lipinski definition) is 8. The summed E-state index contributed by atoms with van der Waals surface area (Å²) >= 11 is 0. The molecule has 28 heavy (non-hydrogen) atoms. The van der Waals surface area contributed by atoms with E-state index in [0.717, 1.165) is 0 Å². The van der Waals surface area contributed by atoms with E-state index < -0.39 is 46.5 Å². The first kappa shape index (κ1) is 25.9. The van der Waals surface area contributed by atoms with Gasteiger partial charge in [-0.3, -0.25) is 19.2 Å². The molecule has 0 unspecified atom stereocenters. The van der Waals surface area contributed by atoms with Crippen LogP contribution in [0.2, 0.25) is 0 Å². The molecule has 0 bridgehead atoms. The van der Waals surface area contributed by atoms with Crippen LogP contribution in [0.25, 0.3) is 0 Å². The predicted octanol–water partition coefficient (Wildman–Crippen LogP) is 2.52. The van der Waals surface area contributed by atoms with Crippen LogP contribution in [0.15, 0.2) is 0 Å². The molecular formula is C20H34O8.